The molecule has 0 aromatic carbocycles. The van der Waals surface area contributed by atoms with Crippen molar-refractivity contribution in [3.63, 3.8) is 0 Å². The van der Waals surface area contributed by atoms with Crippen molar-refractivity contribution < 1.29 is 9.53 Å². The van der Waals surface area contributed by atoms with E-state index in [1.165, 1.54) is 23.1 Å². The summed E-state index contributed by atoms with van der Waals surface area (Å²) in [7, 11) is 0. The summed E-state index contributed by atoms with van der Waals surface area (Å²) in [5.74, 6) is 1.10. The number of nitrogens with zero attached hydrogens (tertiary/aromatic N) is 3. The van der Waals surface area contributed by atoms with Gasteiger partial charge in [-0.15, -0.1) is 10.2 Å². The predicted octanol–water partition coefficient (Wildman–Crippen LogP) is 2.33. The molecule has 2 atom stereocenters. The van der Waals surface area contributed by atoms with Gasteiger partial charge in [0, 0.05) is 19.6 Å². The average molecular weight is 345 g/mol. The highest BCUT2D eigenvalue weighted by molar-refractivity contribution is 8.01. The molecule has 0 aliphatic carbocycles. The number of anilines is 1. The Bertz CT molecular complexity index is 485. The number of carbonyl (C=O) groups is 1. The zero-order valence-electron chi connectivity index (χ0n) is 13.5. The largest absolute Gasteiger partial charge is 0.372 e. The monoisotopic (exact) mass is 344 g/mol. The molecule has 1 aromatic heterocycles. The van der Waals surface area contributed by atoms with Crippen LogP contribution in [0.25, 0.3) is 0 Å². The Labute approximate surface area is 140 Å². The second kappa shape index (κ2) is 8.12. The third kappa shape index (κ3) is 5.40. The van der Waals surface area contributed by atoms with Crippen molar-refractivity contribution in [1.82, 2.24) is 15.1 Å². The van der Waals surface area contributed by atoms with Crippen LogP contribution in [-0.2, 0) is 9.53 Å². The summed E-state index contributed by atoms with van der Waals surface area (Å²) >= 11 is 2.95. The minimum atomic E-state index is 0.103. The highest BCUT2D eigenvalue weighted by Crippen LogP contribution is 2.26. The molecular formula is C14H24N4O2S2. The first-order valence-electron chi connectivity index (χ1n) is 7.57. The Hall–Kier alpha value is -0.860. The smallest absolute Gasteiger partial charge is 0.233 e. The van der Waals surface area contributed by atoms with Crippen LogP contribution in [0.2, 0.25) is 0 Å². The van der Waals surface area contributed by atoms with Crippen LogP contribution in [-0.4, -0.2) is 58.6 Å². The molecule has 1 aliphatic heterocycles. The van der Waals surface area contributed by atoms with Crippen molar-refractivity contribution in [3.05, 3.63) is 0 Å². The second-order valence-electron chi connectivity index (χ2n) is 5.99. The lowest BCUT2D eigenvalue weighted by atomic mass is 10.2. The molecule has 1 N–H and O–H groups in total. The minimum absolute atomic E-state index is 0.103. The van der Waals surface area contributed by atoms with Gasteiger partial charge < -0.3 is 15.0 Å². The Kier molecular flexibility index (Phi) is 6.46. The summed E-state index contributed by atoms with van der Waals surface area (Å²) in [6, 6.07) is 0. The lowest BCUT2D eigenvalue weighted by Crippen LogP contribution is -2.48. The summed E-state index contributed by atoms with van der Waals surface area (Å²) in [6.45, 7) is 10.5. The van der Waals surface area contributed by atoms with Crippen molar-refractivity contribution in [1.29, 1.82) is 0 Å². The first-order valence-corrected chi connectivity index (χ1v) is 9.37. The molecule has 6 nitrogen and oxygen atoms in total. The molecule has 0 saturated carbocycles. The molecule has 2 heterocycles. The van der Waals surface area contributed by atoms with Crippen LogP contribution in [0.3, 0.4) is 0 Å². The lowest BCUT2D eigenvalue weighted by Gasteiger charge is -2.35. The number of aromatic nitrogens is 2. The van der Waals surface area contributed by atoms with E-state index in [0.29, 0.717) is 24.8 Å². The topological polar surface area (TPSA) is 67.4 Å². The molecule has 1 amide bonds. The van der Waals surface area contributed by atoms with E-state index in [4.69, 9.17) is 4.74 Å². The van der Waals surface area contributed by atoms with Crippen molar-refractivity contribution >= 4 is 34.1 Å². The molecule has 0 spiro atoms. The summed E-state index contributed by atoms with van der Waals surface area (Å²) < 4.78 is 6.48. The summed E-state index contributed by atoms with van der Waals surface area (Å²) in [5, 5.41) is 12.3. The lowest BCUT2D eigenvalue weighted by molar-refractivity contribution is -0.140. The van der Waals surface area contributed by atoms with Crippen LogP contribution in [0.1, 0.15) is 27.7 Å². The molecule has 124 valence electrons. The van der Waals surface area contributed by atoms with E-state index >= 15 is 0 Å². The van der Waals surface area contributed by atoms with Gasteiger partial charge in [0.2, 0.25) is 11.0 Å². The maximum Gasteiger partial charge on any atom is 0.233 e. The normalized spacial score (nSPS) is 22.1. The molecule has 8 heteroatoms. The number of thioether (sulfide) groups is 1. The molecule has 1 aliphatic rings. The average Bonchev–Trinajstić information content (AvgIpc) is 2.89. The van der Waals surface area contributed by atoms with Crippen LogP contribution < -0.4 is 5.32 Å². The molecule has 0 radical (unpaired) electrons. The third-order valence-corrected chi connectivity index (χ3v) is 5.16. The highest BCUT2D eigenvalue weighted by Gasteiger charge is 2.25. The van der Waals surface area contributed by atoms with E-state index in [1.54, 1.807) is 0 Å². The summed E-state index contributed by atoms with van der Waals surface area (Å²) in [6.07, 6.45) is 0.206. The van der Waals surface area contributed by atoms with Gasteiger partial charge in [-0.1, -0.05) is 36.9 Å². The number of hydrogen-bond donors (Lipinski definition) is 1. The minimum Gasteiger partial charge on any atom is -0.372 e. The zero-order chi connectivity index (χ0) is 16.1. The van der Waals surface area contributed by atoms with Gasteiger partial charge in [-0.3, -0.25) is 4.79 Å². The van der Waals surface area contributed by atoms with E-state index in [-0.39, 0.29) is 18.1 Å². The molecule has 2 unspecified atom stereocenters. The number of morpholine rings is 1. The third-order valence-electron chi connectivity index (χ3n) is 3.16. The van der Waals surface area contributed by atoms with E-state index in [2.05, 4.69) is 29.4 Å². The van der Waals surface area contributed by atoms with Gasteiger partial charge in [0.1, 0.15) is 0 Å². The summed E-state index contributed by atoms with van der Waals surface area (Å²) in [5.41, 5.74) is 0. The number of nitrogens with one attached hydrogen (secondary N) is 1. The van der Waals surface area contributed by atoms with Crippen LogP contribution in [0, 0.1) is 5.92 Å². The van der Waals surface area contributed by atoms with Gasteiger partial charge in [-0.05, 0) is 19.8 Å². The van der Waals surface area contributed by atoms with Gasteiger partial charge in [-0.2, -0.15) is 0 Å². The van der Waals surface area contributed by atoms with E-state index in [9.17, 15) is 4.79 Å². The maximum absolute atomic E-state index is 12.3. The SMILES string of the molecule is CC(C)CNc1nnc(SCC(=O)N2CC(C)OC(C)C2)s1. The number of carbonyl (C=O) groups excluding carboxylic acids is 1. The fourth-order valence-electron chi connectivity index (χ4n) is 2.23. The Morgan fingerprint density at radius 3 is 2.73 bits per heavy atom. The predicted molar refractivity (Wildman–Crippen MR) is 90.5 cm³/mol. The first kappa shape index (κ1) is 17.5. The van der Waals surface area contributed by atoms with Crippen LogP contribution >= 0.6 is 23.1 Å². The molecule has 1 aromatic rings. The second-order valence-corrected chi connectivity index (χ2v) is 8.19. The Morgan fingerprint density at radius 2 is 2.09 bits per heavy atom. The highest BCUT2D eigenvalue weighted by atomic mass is 32.2. The Morgan fingerprint density at radius 1 is 1.41 bits per heavy atom. The fraction of sp³-hybridized carbons (Fsp3) is 0.786. The van der Waals surface area contributed by atoms with Crippen LogP contribution in [0.4, 0.5) is 5.13 Å². The van der Waals surface area contributed by atoms with Crippen molar-refractivity contribution in [2.24, 2.45) is 5.92 Å². The van der Waals surface area contributed by atoms with Crippen molar-refractivity contribution in [3.8, 4) is 0 Å². The van der Waals surface area contributed by atoms with Gasteiger partial charge in [0.15, 0.2) is 4.34 Å². The first-order chi connectivity index (χ1) is 10.4. The number of amides is 1. The zero-order valence-corrected chi connectivity index (χ0v) is 15.2. The number of ether oxygens (including phenoxy) is 1. The fourth-order valence-corrected chi connectivity index (χ4v) is 3.89. The molecule has 2 rings (SSSR count). The van der Waals surface area contributed by atoms with E-state index in [0.717, 1.165) is 16.0 Å². The van der Waals surface area contributed by atoms with Crippen molar-refractivity contribution in [2.45, 2.75) is 44.2 Å². The molecule has 1 saturated heterocycles. The Balaban J connectivity index is 1.78. The van der Waals surface area contributed by atoms with Gasteiger partial charge in [0.05, 0.1) is 18.0 Å². The van der Waals surface area contributed by atoms with Crippen LogP contribution in [0.5, 0.6) is 0 Å². The van der Waals surface area contributed by atoms with E-state index < -0.39 is 0 Å². The standard InChI is InChI=1S/C14H24N4O2S2/c1-9(2)5-15-13-16-17-14(22-13)21-8-12(19)18-6-10(3)20-11(4)7-18/h9-11H,5-8H2,1-4H3,(H,15,16). The van der Waals surface area contributed by atoms with Gasteiger partial charge in [-0.25, -0.2) is 0 Å². The maximum atomic E-state index is 12.3. The van der Waals surface area contributed by atoms with Crippen molar-refractivity contribution in [2.75, 3.05) is 30.7 Å². The van der Waals surface area contributed by atoms with Crippen LogP contribution in [0.15, 0.2) is 4.34 Å². The van der Waals surface area contributed by atoms with Gasteiger partial charge >= 0.3 is 0 Å². The quantitative estimate of drug-likeness (QED) is 0.799. The summed E-state index contributed by atoms with van der Waals surface area (Å²) in [4.78, 5) is 14.2. The molecule has 1 fully saturated rings. The molecule has 22 heavy (non-hydrogen) atoms. The molecule has 0 bridgehead atoms. The molecular weight excluding hydrogens is 320 g/mol. The van der Waals surface area contributed by atoms with Gasteiger partial charge in [0.25, 0.3) is 0 Å². The number of rotatable bonds is 6. The number of hydrogen-bond acceptors (Lipinski definition) is 7. The van der Waals surface area contributed by atoms with E-state index in [1.807, 2.05) is 18.7 Å².